The Labute approximate surface area is 154 Å². The number of rotatable bonds is 2. The number of carbonyl (C=O) groups excluding carboxylic acids is 1. The zero-order valence-electron chi connectivity index (χ0n) is 13.2. The molecule has 0 atom stereocenters. The number of ether oxygens (including phenoxy) is 1. The fourth-order valence-electron chi connectivity index (χ4n) is 2.83. The first kappa shape index (κ1) is 16.4. The van der Waals surface area contributed by atoms with Crippen molar-refractivity contribution in [2.45, 2.75) is 0 Å². The van der Waals surface area contributed by atoms with E-state index in [1.165, 1.54) is 3.97 Å². The largest absolute Gasteiger partial charge is 0.378 e. The Balaban J connectivity index is 1.79. The van der Waals surface area contributed by atoms with Crippen LogP contribution in [-0.4, -0.2) is 51.1 Å². The molecule has 6 nitrogen and oxygen atoms in total. The lowest BCUT2D eigenvalue weighted by molar-refractivity contribution is 0.0299. The Morgan fingerprint density at radius 2 is 1.88 bits per heavy atom. The van der Waals surface area contributed by atoms with E-state index < -0.39 is 0 Å². The maximum atomic E-state index is 12.8. The van der Waals surface area contributed by atoms with Crippen LogP contribution in [0.4, 0.5) is 0 Å². The summed E-state index contributed by atoms with van der Waals surface area (Å²) in [6.07, 6.45) is 0. The lowest BCUT2D eigenvalue weighted by atomic mass is 10.2. The second-order valence-electron chi connectivity index (χ2n) is 5.69. The summed E-state index contributed by atoms with van der Waals surface area (Å²) in [6.45, 7) is 2.19. The summed E-state index contributed by atoms with van der Waals surface area (Å²) in [4.78, 5) is 23.4. The van der Waals surface area contributed by atoms with Crippen LogP contribution in [0.25, 0.3) is 22.4 Å². The van der Waals surface area contributed by atoms with Crippen molar-refractivity contribution in [2.24, 2.45) is 0 Å². The first-order valence-corrected chi connectivity index (χ1v) is 8.63. The molecule has 1 saturated heterocycles. The number of nitrogens with zero attached hydrogens (tertiary/aromatic N) is 4. The van der Waals surface area contributed by atoms with Gasteiger partial charge in [-0.05, 0) is 6.07 Å². The monoisotopic (exact) mass is 374 g/mol. The van der Waals surface area contributed by atoms with Crippen LogP contribution in [0, 0.1) is 0 Å². The maximum absolute atomic E-state index is 12.8. The Morgan fingerprint density at radius 1 is 1.16 bits per heavy atom. The predicted molar refractivity (Wildman–Crippen MR) is 99.1 cm³/mol. The number of hydrogen-bond donors (Lipinski definition) is 1. The van der Waals surface area contributed by atoms with Gasteiger partial charge in [0.25, 0.3) is 5.91 Å². The quantitative estimate of drug-likeness (QED) is 0.553. The highest BCUT2D eigenvalue weighted by molar-refractivity contribution is 7.78. The number of hydrogen-bond acceptors (Lipinski definition) is 5. The Bertz CT molecular complexity index is 939. The third-order valence-corrected chi connectivity index (χ3v) is 4.83. The van der Waals surface area contributed by atoms with E-state index in [0.29, 0.717) is 54.0 Å². The highest BCUT2D eigenvalue weighted by atomic mass is 35.5. The van der Waals surface area contributed by atoms with E-state index in [4.69, 9.17) is 16.3 Å². The smallest absolute Gasteiger partial charge is 0.271 e. The molecule has 0 unspecified atom stereocenters. The summed E-state index contributed by atoms with van der Waals surface area (Å²) in [5, 5.41) is 0.903. The fraction of sp³-hybridized carbons (Fsp3) is 0.235. The standard InChI is InChI=1S/C17H15ClN4O2S/c18-14-12-10-13(17(23)21-6-8-24-9-7-21)22(25)16(12)20-15(19-14)11-4-2-1-3-5-11/h1-5,10,25H,6-9H2. The van der Waals surface area contributed by atoms with Gasteiger partial charge in [0, 0.05) is 18.7 Å². The molecular weight excluding hydrogens is 360 g/mol. The molecule has 8 heteroatoms. The molecule has 1 fully saturated rings. The van der Waals surface area contributed by atoms with Crippen LogP contribution in [0.5, 0.6) is 0 Å². The molecular formula is C17H15ClN4O2S. The third kappa shape index (κ3) is 2.99. The Kier molecular flexibility index (Phi) is 4.37. The van der Waals surface area contributed by atoms with Crippen molar-refractivity contribution in [3.63, 3.8) is 0 Å². The van der Waals surface area contributed by atoms with Gasteiger partial charge in [-0.1, -0.05) is 54.7 Å². The predicted octanol–water partition coefficient (Wildman–Crippen LogP) is 2.92. The third-order valence-electron chi connectivity index (χ3n) is 4.14. The van der Waals surface area contributed by atoms with Crippen molar-refractivity contribution in [3.05, 3.63) is 47.2 Å². The van der Waals surface area contributed by atoms with Gasteiger partial charge in [-0.2, -0.15) is 0 Å². The first-order valence-electron chi connectivity index (χ1n) is 7.86. The number of carbonyl (C=O) groups is 1. The average molecular weight is 375 g/mol. The second-order valence-corrected chi connectivity index (χ2v) is 6.45. The minimum absolute atomic E-state index is 0.117. The Hall–Kier alpha value is -2.09. The molecule has 1 aromatic carbocycles. The van der Waals surface area contributed by atoms with Crippen molar-refractivity contribution in [2.75, 3.05) is 26.3 Å². The maximum Gasteiger partial charge on any atom is 0.271 e. The van der Waals surface area contributed by atoms with Gasteiger partial charge >= 0.3 is 0 Å². The van der Waals surface area contributed by atoms with Crippen LogP contribution in [0.3, 0.4) is 0 Å². The van der Waals surface area contributed by atoms with Gasteiger partial charge in [0.05, 0.1) is 18.6 Å². The molecule has 0 bridgehead atoms. The normalized spacial score (nSPS) is 14.9. The minimum atomic E-state index is -0.117. The average Bonchev–Trinajstić information content (AvgIpc) is 3.00. The van der Waals surface area contributed by atoms with Gasteiger partial charge in [0.1, 0.15) is 10.8 Å². The van der Waals surface area contributed by atoms with Crippen LogP contribution in [0.1, 0.15) is 10.5 Å². The zero-order valence-corrected chi connectivity index (χ0v) is 14.9. The molecule has 1 amide bonds. The summed E-state index contributed by atoms with van der Waals surface area (Å²) >= 11 is 10.8. The molecule has 0 N–H and O–H groups in total. The van der Waals surface area contributed by atoms with Crippen LogP contribution in [0.2, 0.25) is 5.15 Å². The molecule has 1 aliphatic heterocycles. The number of amides is 1. The molecule has 4 rings (SSSR count). The Morgan fingerprint density at radius 3 is 2.60 bits per heavy atom. The van der Waals surface area contributed by atoms with Crippen LogP contribution in [0.15, 0.2) is 36.4 Å². The molecule has 0 aliphatic carbocycles. The number of halogens is 1. The fourth-order valence-corrected chi connectivity index (χ4v) is 3.34. The first-order chi connectivity index (χ1) is 12.1. The van der Waals surface area contributed by atoms with Gasteiger partial charge in [0.15, 0.2) is 11.5 Å². The van der Waals surface area contributed by atoms with Crippen LogP contribution < -0.4 is 0 Å². The summed E-state index contributed by atoms with van der Waals surface area (Å²) in [7, 11) is 0. The molecule has 0 spiro atoms. The SMILES string of the molecule is O=C(c1cc2c(Cl)nc(-c3ccccc3)nc2n1S)N1CCOCC1. The number of morpholine rings is 1. The van der Waals surface area contributed by atoms with E-state index in [1.807, 2.05) is 30.3 Å². The molecule has 128 valence electrons. The summed E-state index contributed by atoms with van der Waals surface area (Å²) in [5.74, 6) is 0.380. The van der Waals surface area contributed by atoms with Crippen LogP contribution >= 0.6 is 24.4 Å². The van der Waals surface area contributed by atoms with E-state index in [-0.39, 0.29) is 5.91 Å². The zero-order chi connectivity index (χ0) is 17.4. The van der Waals surface area contributed by atoms with Gasteiger partial charge in [-0.15, -0.1) is 0 Å². The number of thiol groups is 1. The molecule has 3 aromatic rings. The van der Waals surface area contributed by atoms with E-state index in [1.54, 1.807) is 11.0 Å². The lowest BCUT2D eigenvalue weighted by Gasteiger charge is -2.26. The van der Waals surface area contributed by atoms with Gasteiger partial charge in [-0.3, -0.25) is 8.77 Å². The van der Waals surface area contributed by atoms with Gasteiger partial charge in [0.2, 0.25) is 0 Å². The lowest BCUT2D eigenvalue weighted by Crippen LogP contribution is -2.41. The number of benzene rings is 1. The molecule has 25 heavy (non-hydrogen) atoms. The molecule has 2 aromatic heterocycles. The van der Waals surface area contributed by atoms with Crippen LogP contribution in [-0.2, 0) is 4.74 Å². The van der Waals surface area contributed by atoms with E-state index in [0.717, 1.165) is 5.56 Å². The molecule has 3 heterocycles. The van der Waals surface area contributed by atoms with Gasteiger partial charge < -0.3 is 9.64 Å². The number of fused-ring (bicyclic) bond motifs is 1. The van der Waals surface area contributed by atoms with E-state index in [9.17, 15) is 4.79 Å². The van der Waals surface area contributed by atoms with E-state index >= 15 is 0 Å². The van der Waals surface area contributed by atoms with Crippen molar-refractivity contribution in [1.29, 1.82) is 0 Å². The summed E-state index contributed by atoms with van der Waals surface area (Å²) in [6, 6.07) is 11.2. The molecule has 1 aliphatic rings. The van der Waals surface area contributed by atoms with Crippen molar-refractivity contribution >= 4 is 41.4 Å². The van der Waals surface area contributed by atoms with Crippen molar-refractivity contribution < 1.29 is 9.53 Å². The number of aromatic nitrogens is 3. The molecule has 0 radical (unpaired) electrons. The highest BCUT2D eigenvalue weighted by Crippen LogP contribution is 2.29. The van der Waals surface area contributed by atoms with Crippen molar-refractivity contribution in [3.8, 4) is 11.4 Å². The van der Waals surface area contributed by atoms with Gasteiger partial charge in [-0.25, -0.2) is 9.97 Å². The van der Waals surface area contributed by atoms with Crippen molar-refractivity contribution in [1.82, 2.24) is 18.8 Å². The summed E-state index contributed by atoms with van der Waals surface area (Å²) < 4.78 is 6.77. The molecule has 0 saturated carbocycles. The summed E-state index contributed by atoms with van der Waals surface area (Å²) in [5.41, 5.74) is 1.78. The minimum Gasteiger partial charge on any atom is -0.378 e. The van der Waals surface area contributed by atoms with E-state index in [2.05, 4.69) is 22.8 Å². The second kappa shape index (κ2) is 6.67. The topological polar surface area (TPSA) is 60.2 Å². The highest BCUT2D eigenvalue weighted by Gasteiger charge is 2.24.